The van der Waals surface area contributed by atoms with Crippen LogP contribution in [0.1, 0.15) is 11.1 Å². The molecule has 0 unspecified atom stereocenters. The number of hydrogen-bond acceptors (Lipinski definition) is 1. The number of halogens is 1. The quantitative estimate of drug-likeness (QED) is 0.769. The first-order valence-electron chi connectivity index (χ1n) is 6.20. The van der Waals surface area contributed by atoms with Gasteiger partial charge in [-0.25, -0.2) is 0 Å². The maximum atomic E-state index is 13.3. The van der Waals surface area contributed by atoms with Crippen LogP contribution < -0.4 is 4.90 Å². The van der Waals surface area contributed by atoms with Crippen molar-refractivity contribution in [2.75, 3.05) is 11.4 Å². The van der Waals surface area contributed by atoms with Gasteiger partial charge in [0.15, 0.2) is 0 Å². The van der Waals surface area contributed by atoms with Gasteiger partial charge in [0.1, 0.15) is 0 Å². The zero-order valence-corrected chi connectivity index (χ0v) is 12.3. The molecule has 19 heavy (non-hydrogen) atoms. The molecule has 2 aromatic carbocycles. The molecule has 0 amide bonds. The van der Waals surface area contributed by atoms with Gasteiger partial charge in [-0.15, -0.1) is 0 Å². The van der Waals surface area contributed by atoms with Gasteiger partial charge >= 0.3 is 121 Å². The molecule has 2 aromatic rings. The second kappa shape index (κ2) is 5.22. The Hall–Kier alpha value is -1.53. The Balaban J connectivity index is 1.92. The van der Waals surface area contributed by atoms with Gasteiger partial charge in [0.25, 0.3) is 0 Å². The van der Waals surface area contributed by atoms with Crippen molar-refractivity contribution in [2.45, 2.75) is 6.54 Å². The zero-order valence-electron chi connectivity index (χ0n) is 10.4. The summed E-state index contributed by atoms with van der Waals surface area (Å²) >= 11 is 2.61. The summed E-state index contributed by atoms with van der Waals surface area (Å²) in [6, 6.07) is 15.1. The number of anilines is 1. The van der Waals surface area contributed by atoms with Gasteiger partial charge in [0.05, 0.1) is 0 Å². The molecule has 3 heteroatoms. The fourth-order valence-electron chi connectivity index (χ4n) is 2.40. The third-order valence-corrected chi connectivity index (χ3v) is 3.78. The standard InChI is InChI=1S/C16H13AsFN/c17-14-9-13-5-1-2-7-16(13)19(11-14)10-12-4-3-6-15(18)8-12/h1-9H,10-11H2. The molecular weight excluding hydrogens is 300 g/mol. The minimum absolute atomic E-state index is 0.175. The van der Waals surface area contributed by atoms with Crippen LogP contribution in [0.4, 0.5) is 10.1 Å². The predicted octanol–water partition coefficient (Wildman–Crippen LogP) is 3.36. The second-order valence-corrected chi connectivity index (χ2v) is 5.89. The Labute approximate surface area is 121 Å². The average Bonchev–Trinajstić information content (AvgIpc) is 2.38. The Morgan fingerprint density at radius 2 is 1.95 bits per heavy atom. The third-order valence-electron chi connectivity index (χ3n) is 3.21. The molecule has 94 valence electrons. The number of fused-ring (bicyclic) bond motifs is 1. The van der Waals surface area contributed by atoms with Crippen LogP contribution in [0, 0.1) is 5.82 Å². The van der Waals surface area contributed by atoms with E-state index >= 15 is 0 Å². The topological polar surface area (TPSA) is 3.24 Å². The van der Waals surface area contributed by atoms with Gasteiger partial charge in [-0.05, 0) is 0 Å². The van der Waals surface area contributed by atoms with Crippen molar-refractivity contribution >= 4 is 28.6 Å². The maximum absolute atomic E-state index is 13.3. The van der Waals surface area contributed by atoms with Crippen molar-refractivity contribution in [2.24, 2.45) is 0 Å². The summed E-state index contributed by atoms with van der Waals surface area (Å²) in [5.41, 5.74) is 3.43. The fourth-order valence-corrected chi connectivity index (χ4v) is 3.05. The number of para-hydroxylation sites is 1. The normalized spacial score (nSPS) is 14.0. The van der Waals surface area contributed by atoms with E-state index in [9.17, 15) is 4.39 Å². The van der Waals surface area contributed by atoms with Crippen LogP contribution in [-0.2, 0) is 6.54 Å². The molecule has 0 atom stereocenters. The van der Waals surface area contributed by atoms with Crippen LogP contribution in [-0.4, -0.2) is 23.4 Å². The van der Waals surface area contributed by atoms with Crippen molar-refractivity contribution in [3.05, 3.63) is 69.8 Å². The second-order valence-electron chi connectivity index (χ2n) is 4.68. The molecule has 1 nitrogen and oxygen atoms in total. The summed E-state index contributed by atoms with van der Waals surface area (Å²) in [7, 11) is 0. The number of hydrogen-bond donors (Lipinski definition) is 0. The van der Waals surface area contributed by atoms with E-state index in [0.29, 0.717) is 0 Å². The van der Waals surface area contributed by atoms with E-state index in [1.165, 1.54) is 21.7 Å². The molecule has 0 saturated carbocycles. The van der Waals surface area contributed by atoms with Crippen LogP contribution in [0.5, 0.6) is 0 Å². The summed E-state index contributed by atoms with van der Waals surface area (Å²) in [4.78, 5) is 2.28. The molecule has 1 aliphatic heterocycles. The number of rotatable bonds is 2. The van der Waals surface area contributed by atoms with Gasteiger partial charge in [-0.1, -0.05) is 0 Å². The van der Waals surface area contributed by atoms with Crippen molar-refractivity contribution in [1.29, 1.82) is 0 Å². The molecule has 0 saturated heterocycles. The Bertz CT molecular complexity index is 636. The van der Waals surface area contributed by atoms with Crippen LogP contribution >= 0.6 is 0 Å². The van der Waals surface area contributed by atoms with Crippen LogP contribution in [0.25, 0.3) is 6.08 Å². The van der Waals surface area contributed by atoms with Crippen LogP contribution in [0.2, 0.25) is 0 Å². The molecule has 0 fully saturated rings. The first-order valence-corrected chi connectivity index (χ1v) is 7.14. The molecule has 0 N–H and O–H groups in total. The van der Waals surface area contributed by atoms with E-state index in [1.54, 1.807) is 12.1 Å². The summed E-state index contributed by atoms with van der Waals surface area (Å²) in [5.74, 6) is -0.175. The van der Waals surface area contributed by atoms with Crippen molar-refractivity contribution in [1.82, 2.24) is 0 Å². The van der Waals surface area contributed by atoms with Crippen LogP contribution in [0.15, 0.2) is 52.9 Å². The Morgan fingerprint density at radius 1 is 1.11 bits per heavy atom. The summed E-state index contributed by atoms with van der Waals surface area (Å²) in [6.07, 6.45) is 2.19. The summed E-state index contributed by atoms with van der Waals surface area (Å²) in [5, 5.41) is 0. The Morgan fingerprint density at radius 3 is 2.79 bits per heavy atom. The average molecular weight is 313 g/mol. The summed E-state index contributed by atoms with van der Waals surface area (Å²) in [6.45, 7) is 1.59. The fraction of sp³-hybridized carbons (Fsp3) is 0.125. The van der Waals surface area contributed by atoms with Crippen molar-refractivity contribution in [3.63, 3.8) is 0 Å². The zero-order chi connectivity index (χ0) is 13.2. The summed E-state index contributed by atoms with van der Waals surface area (Å²) < 4.78 is 14.5. The molecule has 1 aliphatic rings. The van der Waals surface area contributed by atoms with Crippen molar-refractivity contribution < 1.29 is 4.39 Å². The molecule has 0 bridgehead atoms. The van der Waals surface area contributed by atoms with Gasteiger partial charge in [-0.2, -0.15) is 0 Å². The molecule has 2 radical (unpaired) electrons. The van der Waals surface area contributed by atoms with E-state index in [1.807, 2.05) is 18.2 Å². The van der Waals surface area contributed by atoms with Gasteiger partial charge in [0.2, 0.25) is 0 Å². The van der Waals surface area contributed by atoms with Gasteiger partial charge < -0.3 is 0 Å². The Kier molecular flexibility index (Phi) is 3.44. The van der Waals surface area contributed by atoms with E-state index in [2.05, 4.69) is 40.0 Å². The van der Waals surface area contributed by atoms with E-state index in [4.69, 9.17) is 0 Å². The third kappa shape index (κ3) is 2.74. The molecule has 3 rings (SSSR count). The van der Waals surface area contributed by atoms with Gasteiger partial charge in [0, 0.05) is 0 Å². The molecular formula is C16H13AsFN. The predicted molar refractivity (Wildman–Crippen MR) is 77.6 cm³/mol. The van der Waals surface area contributed by atoms with Crippen LogP contribution in [0.3, 0.4) is 0 Å². The monoisotopic (exact) mass is 313 g/mol. The molecule has 1 heterocycles. The molecule has 0 spiro atoms. The van der Waals surface area contributed by atoms with Crippen molar-refractivity contribution in [3.8, 4) is 0 Å². The first kappa shape index (κ1) is 12.5. The number of nitrogens with zero attached hydrogens (tertiary/aromatic N) is 1. The number of benzene rings is 2. The minimum atomic E-state index is -0.175. The van der Waals surface area contributed by atoms with E-state index in [-0.39, 0.29) is 5.82 Å². The molecule has 0 aromatic heterocycles. The molecule has 0 aliphatic carbocycles. The van der Waals surface area contributed by atoms with E-state index in [0.717, 1.165) is 18.7 Å². The first-order chi connectivity index (χ1) is 9.22. The SMILES string of the molecule is Fc1cccc(CN2CC([As])=Cc3ccccc32)c1. The van der Waals surface area contributed by atoms with Gasteiger partial charge in [-0.3, -0.25) is 0 Å². The van der Waals surface area contributed by atoms with E-state index < -0.39 is 0 Å².